The summed E-state index contributed by atoms with van der Waals surface area (Å²) in [5.41, 5.74) is 0. The molecular weight excluding hydrogens is 310 g/mol. The molecule has 3 aliphatic carbocycles. The van der Waals surface area contributed by atoms with Gasteiger partial charge in [0.2, 0.25) is 11.8 Å². The smallest absolute Gasteiger partial charge is 0.319 e. The Labute approximate surface area is 141 Å². The van der Waals surface area contributed by atoms with Gasteiger partial charge >= 0.3 is 6.03 Å². The van der Waals surface area contributed by atoms with E-state index < -0.39 is 6.17 Å². The molecule has 0 radical (unpaired) electrons. The molecule has 24 heavy (non-hydrogen) atoms. The molecule has 7 nitrogen and oxygen atoms in total. The fourth-order valence-electron chi connectivity index (χ4n) is 4.58. The van der Waals surface area contributed by atoms with Crippen molar-refractivity contribution in [2.45, 2.75) is 25.9 Å². The Hall–Kier alpha value is -1.89. The van der Waals surface area contributed by atoms with Gasteiger partial charge in [0.25, 0.3) is 0 Å². The number of ether oxygens (including phenoxy) is 1. The average molecular weight is 333 g/mol. The lowest BCUT2D eigenvalue weighted by atomic mass is 9.63. The highest BCUT2D eigenvalue weighted by molar-refractivity contribution is 6.06. The second-order valence-corrected chi connectivity index (χ2v) is 7.11. The molecule has 0 aromatic rings. The molecule has 1 saturated carbocycles. The molecule has 0 spiro atoms. The Kier molecular flexibility index (Phi) is 3.83. The zero-order valence-electron chi connectivity index (χ0n) is 13.8. The monoisotopic (exact) mass is 333 g/mol. The Morgan fingerprint density at radius 1 is 1.12 bits per heavy atom. The summed E-state index contributed by atoms with van der Waals surface area (Å²) in [6, 6.07) is -0.248. The highest BCUT2D eigenvalue weighted by atomic mass is 16.5. The number of allylic oxidation sites excluding steroid dienone is 2. The number of carbonyl (C=O) groups excluding carboxylic acids is 3. The van der Waals surface area contributed by atoms with Gasteiger partial charge in [-0.2, -0.15) is 0 Å². The van der Waals surface area contributed by atoms with E-state index in [2.05, 4.69) is 17.5 Å². The summed E-state index contributed by atoms with van der Waals surface area (Å²) < 4.78 is 5.24. The zero-order valence-corrected chi connectivity index (χ0v) is 13.8. The van der Waals surface area contributed by atoms with Gasteiger partial charge < -0.3 is 15.0 Å². The van der Waals surface area contributed by atoms with Crippen LogP contribution in [0.3, 0.4) is 0 Å². The molecule has 5 aliphatic rings. The number of fused-ring (bicyclic) bond motifs is 1. The lowest BCUT2D eigenvalue weighted by Gasteiger charge is -2.38. The second-order valence-electron chi connectivity index (χ2n) is 7.11. The SMILES string of the molecule is CC(NC(=O)N1CCOCC1)N1C(=O)C2C3C=CC(CC3)C2C1=O. The van der Waals surface area contributed by atoms with Crippen LogP contribution in [0.25, 0.3) is 0 Å². The normalized spacial score (nSPS) is 36.0. The summed E-state index contributed by atoms with van der Waals surface area (Å²) >= 11 is 0. The molecule has 5 atom stereocenters. The van der Waals surface area contributed by atoms with Gasteiger partial charge in [0.15, 0.2) is 0 Å². The summed E-state index contributed by atoms with van der Waals surface area (Å²) in [5, 5.41) is 2.81. The summed E-state index contributed by atoms with van der Waals surface area (Å²) in [4.78, 5) is 40.9. The number of likely N-dealkylation sites (tertiary alicyclic amines) is 1. The molecule has 5 unspecified atom stereocenters. The predicted octanol–water partition coefficient (Wildman–Crippen LogP) is 0.571. The van der Waals surface area contributed by atoms with Crippen molar-refractivity contribution in [2.24, 2.45) is 23.7 Å². The standard InChI is InChI=1S/C17H23N3O4/c1-10(18-17(23)19-6-8-24-9-7-19)20-15(21)13-11-2-3-12(5-4-11)14(13)16(20)22/h2-3,10-14H,4-9H2,1H3,(H,18,23). The first-order chi connectivity index (χ1) is 11.6. The predicted molar refractivity (Wildman–Crippen MR) is 84.6 cm³/mol. The first-order valence-corrected chi connectivity index (χ1v) is 8.76. The molecule has 5 rings (SSSR count). The van der Waals surface area contributed by atoms with Crippen LogP contribution in [0.4, 0.5) is 4.79 Å². The molecular formula is C17H23N3O4. The maximum absolute atomic E-state index is 12.8. The maximum Gasteiger partial charge on any atom is 0.319 e. The van der Waals surface area contributed by atoms with Crippen molar-refractivity contribution < 1.29 is 19.1 Å². The minimum Gasteiger partial charge on any atom is -0.378 e. The lowest BCUT2D eigenvalue weighted by molar-refractivity contribution is -0.142. The van der Waals surface area contributed by atoms with Crippen molar-refractivity contribution in [3.05, 3.63) is 12.2 Å². The van der Waals surface area contributed by atoms with E-state index in [0.29, 0.717) is 26.3 Å². The Morgan fingerprint density at radius 2 is 1.67 bits per heavy atom. The quantitative estimate of drug-likeness (QED) is 0.592. The highest BCUT2D eigenvalue weighted by Crippen LogP contribution is 2.49. The van der Waals surface area contributed by atoms with Crippen LogP contribution in [-0.2, 0) is 14.3 Å². The van der Waals surface area contributed by atoms with Gasteiger partial charge in [-0.25, -0.2) is 4.79 Å². The second kappa shape index (κ2) is 5.88. The molecule has 3 fully saturated rings. The minimum absolute atomic E-state index is 0.126. The van der Waals surface area contributed by atoms with Crippen molar-refractivity contribution in [3.63, 3.8) is 0 Å². The van der Waals surface area contributed by atoms with Gasteiger partial charge in [-0.3, -0.25) is 14.5 Å². The van der Waals surface area contributed by atoms with E-state index in [1.54, 1.807) is 11.8 Å². The van der Waals surface area contributed by atoms with Crippen molar-refractivity contribution in [1.29, 1.82) is 0 Å². The van der Waals surface area contributed by atoms with Gasteiger partial charge in [0.1, 0.15) is 6.17 Å². The van der Waals surface area contributed by atoms with Gasteiger partial charge in [-0.05, 0) is 31.6 Å². The number of nitrogens with zero attached hydrogens (tertiary/aromatic N) is 2. The number of rotatable bonds is 2. The van der Waals surface area contributed by atoms with Crippen LogP contribution < -0.4 is 5.32 Å². The number of urea groups is 1. The van der Waals surface area contributed by atoms with Gasteiger partial charge in [0.05, 0.1) is 25.0 Å². The molecule has 7 heteroatoms. The van der Waals surface area contributed by atoms with Crippen LogP contribution in [0, 0.1) is 23.7 Å². The van der Waals surface area contributed by atoms with E-state index in [4.69, 9.17) is 4.74 Å². The molecule has 2 saturated heterocycles. The van der Waals surface area contributed by atoms with E-state index in [0.717, 1.165) is 12.8 Å². The zero-order chi connectivity index (χ0) is 16.8. The molecule has 0 aromatic carbocycles. The Balaban J connectivity index is 1.47. The van der Waals surface area contributed by atoms with E-state index in [1.807, 2.05) is 0 Å². The van der Waals surface area contributed by atoms with Crippen LogP contribution in [0.2, 0.25) is 0 Å². The average Bonchev–Trinajstić information content (AvgIpc) is 2.90. The summed E-state index contributed by atoms with van der Waals surface area (Å²) in [7, 11) is 0. The molecule has 2 heterocycles. The van der Waals surface area contributed by atoms with Crippen LogP contribution in [0.15, 0.2) is 12.2 Å². The number of nitrogens with one attached hydrogen (secondary N) is 1. The summed E-state index contributed by atoms with van der Waals surface area (Å²) in [6.45, 7) is 3.80. The van der Waals surface area contributed by atoms with Crippen LogP contribution in [0.1, 0.15) is 19.8 Å². The lowest BCUT2D eigenvalue weighted by Crippen LogP contribution is -2.55. The molecule has 130 valence electrons. The fourth-order valence-corrected chi connectivity index (χ4v) is 4.58. The number of hydrogen-bond donors (Lipinski definition) is 1. The number of morpholine rings is 1. The van der Waals surface area contributed by atoms with E-state index in [1.165, 1.54) is 4.90 Å². The van der Waals surface area contributed by atoms with Crippen LogP contribution >= 0.6 is 0 Å². The largest absolute Gasteiger partial charge is 0.378 e. The maximum atomic E-state index is 12.8. The van der Waals surface area contributed by atoms with Crippen molar-refractivity contribution in [2.75, 3.05) is 26.3 Å². The molecule has 1 N–H and O–H groups in total. The van der Waals surface area contributed by atoms with E-state index in [9.17, 15) is 14.4 Å². The van der Waals surface area contributed by atoms with Crippen LogP contribution in [-0.4, -0.2) is 60.1 Å². The third-order valence-electron chi connectivity index (χ3n) is 5.81. The highest BCUT2D eigenvalue weighted by Gasteiger charge is 2.57. The number of carbonyl (C=O) groups is 3. The van der Waals surface area contributed by atoms with Crippen molar-refractivity contribution >= 4 is 17.8 Å². The van der Waals surface area contributed by atoms with Gasteiger partial charge in [0, 0.05) is 13.1 Å². The fraction of sp³-hybridized carbons (Fsp3) is 0.706. The third kappa shape index (κ3) is 2.33. The van der Waals surface area contributed by atoms with E-state index in [-0.39, 0.29) is 41.5 Å². The number of amides is 4. The summed E-state index contributed by atoms with van der Waals surface area (Å²) in [6.07, 6.45) is 5.53. The molecule has 2 bridgehead atoms. The Bertz CT molecular complexity index is 567. The van der Waals surface area contributed by atoms with Crippen LogP contribution in [0.5, 0.6) is 0 Å². The Morgan fingerprint density at radius 3 is 2.17 bits per heavy atom. The first kappa shape index (κ1) is 15.6. The van der Waals surface area contributed by atoms with Gasteiger partial charge in [-0.15, -0.1) is 0 Å². The minimum atomic E-state index is -0.620. The van der Waals surface area contributed by atoms with E-state index >= 15 is 0 Å². The third-order valence-corrected chi connectivity index (χ3v) is 5.81. The first-order valence-electron chi connectivity index (χ1n) is 8.76. The topological polar surface area (TPSA) is 79.0 Å². The van der Waals surface area contributed by atoms with Crippen molar-refractivity contribution in [1.82, 2.24) is 15.1 Å². The number of hydrogen-bond acceptors (Lipinski definition) is 4. The van der Waals surface area contributed by atoms with Crippen molar-refractivity contribution in [3.8, 4) is 0 Å². The summed E-state index contributed by atoms with van der Waals surface area (Å²) in [5.74, 6) is -0.377. The number of imide groups is 1. The molecule has 4 amide bonds. The molecule has 2 aliphatic heterocycles. The van der Waals surface area contributed by atoms with Gasteiger partial charge in [-0.1, -0.05) is 12.2 Å². The molecule has 0 aromatic heterocycles.